The van der Waals surface area contributed by atoms with Crippen LogP contribution in [0.1, 0.15) is 42.2 Å². The highest BCUT2D eigenvalue weighted by Crippen LogP contribution is 2.36. The maximum absolute atomic E-state index is 13.3. The number of hydrogen-bond acceptors (Lipinski definition) is 5. The number of ether oxygens (including phenoxy) is 1. The van der Waals surface area contributed by atoms with Crippen LogP contribution in [0.15, 0.2) is 35.4 Å². The number of nitrogens with zero attached hydrogens (tertiary/aromatic N) is 3. The van der Waals surface area contributed by atoms with Gasteiger partial charge in [0.1, 0.15) is 10.6 Å². The van der Waals surface area contributed by atoms with Crippen molar-refractivity contribution in [3.8, 4) is 5.75 Å². The van der Waals surface area contributed by atoms with E-state index in [1.54, 1.807) is 29.3 Å². The molecule has 0 radical (unpaired) electrons. The molecule has 1 aliphatic carbocycles. The fourth-order valence-electron chi connectivity index (χ4n) is 5.20. The predicted molar refractivity (Wildman–Crippen MR) is 126 cm³/mol. The molecule has 0 spiro atoms. The summed E-state index contributed by atoms with van der Waals surface area (Å²) in [4.78, 5) is 23.0. The normalized spacial score (nSPS) is 20.1. The number of fused-ring (bicyclic) bond motifs is 3. The summed E-state index contributed by atoms with van der Waals surface area (Å²) in [7, 11) is 1.69. The number of aromatic nitrogens is 2. The maximum atomic E-state index is 13.3. The van der Waals surface area contributed by atoms with Crippen molar-refractivity contribution in [1.82, 2.24) is 14.5 Å². The van der Waals surface area contributed by atoms with E-state index in [0.717, 1.165) is 53.1 Å². The maximum Gasteiger partial charge on any atom is 0.262 e. The molecule has 3 heterocycles. The van der Waals surface area contributed by atoms with Crippen molar-refractivity contribution in [1.29, 1.82) is 0 Å². The number of benzene rings is 1. The van der Waals surface area contributed by atoms with Crippen LogP contribution in [0.2, 0.25) is 0 Å². The minimum Gasteiger partial charge on any atom is -0.496 e. The van der Waals surface area contributed by atoms with E-state index in [-0.39, 0.29) is 5.56 Å². The summed E-state index contributed by atoms with van der Waals surface area (Å²) in [5.74, 6) is 1.73. The average molecular weight is 438 g/mol. The van der Waals surface area contributed by atoms with Gasteiger partial charge in [0, 0.05) is 17.5 Å². The monoisotopic (exact) mass is 437 g/mol. The summed E-state index contributed by atoms with van der Waals surface area (Å²) in [5, 5.41) is 0.869. The van der Waals surface area contributed by atoms with Crippen LogP contribution in [0.5, 0.6) is 5.75 Å². The second kappa shape index (κ2) is 8.75. The van der Waals surface area contributed by atoms with Crippen molar-refractivity contribution in [3.05, 3.63) is 57.0 Å². The van der Waals surface area contributed by atoms with E-state index in [9.17, 15) is 4.79 Å². The third-order valence-electron chi connectivity index (χ3n) is 7.16. The standard InChI is InChI=1S/C25H31N3O2S/c1-17-9-12-27(13-10-17)19-7-8-20-22(15-19)31-24-23(20)25(29)28(16-26-24)14-11-18-5-3-4-6-21(18)30-2/h3-6,16-17,19H,7-15H2,1-2H3. The Balaban J connectivity index is 1.37. The molecule has 1 aromatic carbocycles. The molecule has 0 N–H and O–H groups in total. The van der Waals surface area contributed by atoms with Gasteiger partial charge in [0.25, 0.3) is 5.56 Å². The van der Waals surface area contributed by atoms with Gasteiger partial charge in [-0.15, -0.1) is 11.3 Å². The lowest BCUT2D eigenvalue weighted by Gasteiger charge is -2.38. The van der Waals surface area contributed by atoms with Gasteiger partial charge in [0.2, 0.25) is 0 Å². The quantitative estimate of drug-likeness (QED) is 0.597. The Bertz CT molecular complexity index is 1130. The molecule has 1 fully saturated rings. The van der Waals surface area contributed by atoms with Crippen LogP contribution in [-0.2, 0) is 25.8 Å². The first-order chi connectivity index (χ1) is 15.1. The number of para-hydroxylation sites is 1. The molecule has 6 heteroatoms. The summed E-state index contributed by atoms with van der Waals surface area (Å²) in [6, 6.07) is 8.63. The minimum atomic E-state index is 0.114. The van der Waals surface area contributed by atoms with Crippen LogP contribution < -0.4 is 10.3 Å². The zero-order chi connectivity index (χ0) is 21.4. The second-order valence-electron chi connectivity index (χ2n) is 9.10. The smallest absolute Gasteiger partial charge is 0.262 e. The SMILES string of the molecule is COc1ccccc1CCn1cnc2sc3c(c2c1=O)CCC(N1CCC(C)CC1)C3. The number of hydrogen-bond donors (Lipinski definition) is 0. The molecule has 3 aromatic rings. The van der Waals surface area contributed by atoms with Crippen LogP contribution in [0.3, 0.4) is 0 Å². The van der Waals surface area contributed by atoms with Crippen molar-refractivity contribution in [2.24, 2.45) is 5.92 Å². The van der Waals surface area contributed by atoms with Gasteiger partial charge in [-0.25, -0.2) is 4.98 Å². The highest BCUT2D eigenvalue weighted by atomic mass is 32.1. The summed E-state index contributed by atoms with van der Waals surface area (Å²) in [6.07, 6.45) is 8.33. The highest BCUT2D eigenvalue weighted by Gasteiger charge is 2.30. The highest BCUT2D eigenvalue weighted by molar-refractivity contribution is 7.18. The Morgan fingerprint density at radius 2 is 2.00 bits per heavy atom. The zero-order valence-corrected chi connectivity index (χ0v) is 19.3. The Hall–Kier alpha value is -2.18. The molecule has 1 unspecified atom stereocenters. The lowest BCUT2D eigenvalue weighted by atomic mass is 9.89. The van der Waals surface area contributed by atoms with Crippen molar-refractivity contribution >= 4 is 21.6 Å². The van der Waals surface area contributed by atoms with Crippen molar-refractivity contribution < 1.29 is 4.74 Å². The summed E-state index contributed by atoms with van der Waals surface area (Å²) in [6.45, 7) is 5.42. The Morgan fingerprint density at radius 3 is 2.81 bits per heavy atom. The third-order valence-corrected chi connectivity index (χ3v) is 8.32. The van der Waals surface area contributed by atoms with Gasteiger partial charge < -0.3 is 4.74 Å². The van der Waals surface area contributed by atoms with Gasteiger partial charge in [0.05, 0.1) is 18.8 Å². The Labute approximate surface area is 187 Å². The van der Waals surface area contributed by atoms with Gasteiger partial charge in [-0.3, -0.25) is 14.3 Å². The topological polar surface area (TPSA) is 47.4 Å². The first kappa shape index (κ1) is 20.7. The lowest BCUT2D eigenvalue weighted by molar-refractivity contribution is 0.128. The van der Waals surface area contributed by atoms with Crippen LogP contribution in [0.4, 0.5) is 0 Å². The first-order valence-electron chi connectivity index (χ1n) is 11.5. The molecule has 1 atom stereocenters. The number of methoxy groups -OCH3 is 1. The summed E-state index contributed by atoms with van der Waals surface area (Å²) in [5.41, 5.74) is 2.50. The lowest BCUT2D eigenvalue weighted by Crippen LogP contribution is -2.43. The molecule has 0 amide bonds. The van der Waals surface area contributed by atoms with Crippen LogP contribution >= 0.6 is 11.3 Å². The molecule has 0 bridgehead atoms. The van der Waals surface area contributed by atoms with Crippen LogP contribution in [-0.4, -0.2) is 40.7 Å². The number of aryl methyl sites for hydroxylation is 3. The summed E-state index contributed by atoms with van der Waals surface area (Å²) >= 11 is 1.74. The molecule has 2 aliphatic rings. The Kier molecular flexibility index (Phi) is 5.85. The predicted octanol–water partition coefficient (Wildman–Crippen LogP) is 4.30. The average Bonchev–Trinajstić information content (AvgIpc) is 3.18. The van der Waals surface area contributed by atoms with E-state index in [2.05, 4.69) is 22.9 Å². The van der Waals surface area contributed by atoms with E-state index < -0.39 is 0 Å². The molecule has 0 saturated carbocycles. The van der Waals surface area contributed by atoms with Crippen molar-refractivity contribution in [3.63, 3.8) is 0 Å². The third kappa shape index (κ3) is 4.03. The number of rotatable bonds is 5. The van der Waals surface area contributed by atoms with E-state index in [1.165, 1.54) is 36.4 Å². The first-order valence-corrected chi connectivity index (χ1v) is 12.3. The fourth-order valence-corrected chi connectivity index (χ4v) is 6.45. The molecule has 31 heavy (non-hydrogen) atoms. The van der Waals surface area contributed by atoms with Crippen molar-refractivity contribution in [2.45, 2.75) is 58.0 Å². The number of piperidine rings is 1. The van der Waals surface area contributed by atoms with E-state index in [0.29, 0.717) is 12.6 Å². The molecule has 5 rings (SSSR count). The van der Waals surface area contributed by atoms with Gasteiger partial charge in [-0.05, 0) is 74.7 Å². The largest absolute Gasteiger partial charge is 0.496 e. The number of thiophene rings is 1. The van der Waals surface area contributed by atoms with E-state index >= 15 is 0 Å². The zero-order valence-electron chi connectivity index (χ0n) is 18.5. The van der Waals surface area contributed by atoms with E-state index in [1.807, 2.05) is 18.2 Å². The Morgan fingerprint density at radius 1 is 1.19 bits per heavy atom. The summed E-state index contributed by atoms with van der Waals surface area (Å²) < 4.78 is 7.23. The van der Waals surface area contributed by atoms with Crippen molar-refractivity contribution in [2.75, 3.05) is 20.2 Å². The molecule has 164 valence electrons. The molecule has 1 saturated heterocycles. The molecule has 5 nitrogen and oxygen atoms in total. The van der Waals surface area contributed by atoms with Crippen LogP contribution in [0, 0.1) is 5.92 Å². The molecule has 2 aromatic heterocycles. The molecule has 1 aliphatic heterocycles. The minimum absolute atomic E-state index is 0.114. The van der Waals surface area contributed by atoms with Crippen LogP contribution in [0.25, 0.3) is 10.2 Å². The van der Waals surface area contributed by atoms with Gasteiger partial charge in [-0.1, -0.05) is 25.1 Å². The van der Waals surface area contributed by atoms with Gasteiger partial charge >= 0.3 is 0 Å². The molecular formula is C25H31N3O2S. The van der Waals surface area contributed by atoms with Gasteiger partial charge in [-0.2, -0.15) is 0 Å². The number of likely N-dealkylation sites (tertiary alicyclic amines) is 1. The fraction of sp³-hybridized carbons (Fsp3) is 0.520. The molecular weight excluding hydrogens is 406 g/mol. The van der Waals surface area contributed by atoms with E-state index in [4.69, 9.17) is 4.74 Å². The van der Waals surface area contributed by atoms with Gasteiger partial charge in [0.15, 0.2) is 0 Å². The second-order valence-corrected chi connectivity index (χ2v) is 10.2.